The number of amides is 3. The van der Waals surface area contributed by atoms with Crippen molar-refractivity contribution in [1.29, 1.82) is 0 Å². The molecule has 2 aromatic rings. The van der Waals surface area contributed by atoms with E-state index < -0.39 is 17.1 Å². The van der Waals surface area contributed by atoms with Gasteiger partial charge in [0.1, 0.15) is 6.54 Å². The second kappa shape index (κ2) is 8.83. The molecule has 1 heterocycles. The fourth-order valence-electron chi connectivity index (χ4n) is 2.36. The van der Waals surface area contributed by atoms with Gasteiger partial charge in [-0.2, -0.15) is 0 Å². The van der Waals surface area contributed by atoms with Crippen molar-refractivity contribution in [2.24, 2.45) is 0 Å². The maximum atomic E-state index is 12.4. The summed E-state index contributed by atoms with van der Waals surface area (Å²) in [5.74, 6) is -0.907. The lowest BCUT2D eigenvalue weighted by Crippen LogP contribution is -2.36. The molecule has 136 valence electrons. The first kappa shape index (κ1) is 19.1. The summed E-state index contributed by atoms with van der Waals surface area (Å²) in [6, 6.07) is 16.7. The Morgan fingerprint density at radius 3 is 2.52 bits per heavy atom. The predicted octanol–water partition coefficient (Wildman–Crippen LogP) is 4.68. The zero-order valence-electron chi connectivity index (χ0n) is 14.1. The highest BCUT2D eigenvalue weighted by Crippen LogP contribution is 2.30. The Labute approximate surface area is 169 Å². The van der Waals surface area contributed by atoms with Gasteiger partial charge in [0, 0.05) is 4.47 Å². The standard InChI is InChI=1S/C20H15BrN2O3S/c21-15-10-4-5-11-16(15)22-18(24)13-23-19(25)17(27-20(23)26)12-6-9-14-7-2-1-3-8-14/h1-12H,13H2,(H,22,24)/b9-6+,17-12+. The highest BCUT2D eigenvalue weighted by Gasteiger charge is 2.36. The summed E-state index contributed by atoms with van der Waals surface area (Å²) in [7, 11) is 0. The molecule has 0 saturated carbocycles. The van der Waals surface area contributed by atoms with Gasteiger partial charge in [-0.15, -0.1) is 0 Å². The van der Waals surface area contributed by atoms with Crippen LogP contribution >= 0.6 is 27.7 Å². The van der Waals surface area contributed by atoms with Gasteiger partial charge in [0.25, 0.3) is 11.1 Å². The minimum Gasteiger partial charge on any atom is -0.324 e. The maximum Gasteiger partial charge on any atom is 0.294 e. The van der Waals surface area contributed by atoms with Gasteiger partial charge in [-0.25, -0.2) is 0 Å². The third-order valence-corrected chi connectivity index (χ3v) is 5.28. The number of halogens is 1. The van der Waals surface area contributed by atoms with Crippen LogP contribution < -0.4 is 5.32 Å². The molecule has 1 fully saturated rings. The minimum atomic E-state index is -0.468. The van der Waals surface area contributed by atoms with Crippen LogP contribution in [0.4, 0.5) is 10.5 Å². The third-order valence-electron chi connectivity index (χ3n) is 3.66. The van der Waals surface area contributed by atoms with E-state index in [4.69, 9.17) is 0 Å². The number of imide groups is 1. The van der Waals surface area contributed by atoms with Crippen molar-refractivity contribution in [2.75, 3.05) is 11.9 Å². The number of allylic oxidation sites excluding steroid dienone is 2. The topological polar surface area (TPSA) is 66.5 Å². The summed E-state index contributed by atoms with van der Waals surface area (Å²) >= 11 is 4.16. The van der Waals surface area contributed by atoms with Gasteiger partial charge in [0.2, 0.25) is 5.91 Å². The van der Waals surface area contributed by atoms with Crippen molar-refractivity contribution < 1.29 is 14.4 Å². The van der Waals surface area contributed by atoms with Crippen molar-refractivity contribution in [3.05, 3.63) is 81.7 Å². The quantitative estimate of drug-likeness (QED) is 0.682. The van der Waals surface area contributed by atoms with Gasteiger partial charge in [-0.3, -0.25) is 19.3 Å². The van der Waals surface area contributed by atoms with Crippen LogP contribution in [0.15, 0.2) is 76.1 Å². The van der Waals surface area contributed by atoms with Crippen LogP contribution in [-0.4, -0.2) is 28.5 Å². The van der Waals surface area contributed by atoms with E-state index >= 15 is 0 Å². The summed E-state index contributed by atoms with van der Waals surface area (Å²) < 4.78 is 0.721. The van der Waals surface area contributed by atoms with Crippen molar-refractivity contribution in [3.63, 3.8) is 0 Å². The number of hydrogen-bond donors (Lipinski definition) is 1. The first-order valence-electron chi connectivity index (χ1n) is 8.06. The molecule has 1 aliphatic heterocycles. The van der Waals surface area contributed by atoms with Crippen molar-refractivity contribution in [2.45, 2.75) is 0 Å². The molecule has 2 aromatic carbocycles. The molecule has 0 aromatic heterocycles. The van der Waals surface area contributed by atoms with Crippen LogP contribution in [0.3, 0.4) is 0 Å². The Kier molecular flexibility index (Phi) is 6.26. The van der Waals surface area contributed by atoms with E-state index in [1.54, 1.807) is 30.4 Å². The van der Waals surface area contributed by atoms with Crippen LogP contribution in [0, 0.1) is 0 Å². The fraction of sp³-hybridized carbons (Fsp3) is 0.0500. The summed E-state index contributed by atoms with van der Waals surface area (Å²) in [4.78, 5) is 37.9. The zero-order chi connectivity index (χ0) is 19.2. The summed E-state index contributed by atoms with van der Waals surface area (Å²) in [6.45, 7) is -0.328. The monoisotopic (exact) mass is 442 g/mol. The average molecular weight is 443 g/mol. The van der Waals surface area contributed by atoms with Crippen LogP contribution in [0.1, 0.15) is 5.56 Å². The number of nitrogens with zero attached hydrogens (tertiary/aromatic N) is 1. The Bertz CT molecular complexity index is 941. The van der Waals surface area contributed by atoms with Gasteiger partial charge in [0.15, 0.2) is 0 Å². The molecule has 1 N–H and O–H groups in total. The fourth-order valence-corrected chi connectivity index (χ4v) is 3.53. The molecule has 7 heteroatoms. The van der Waals surface area contributed by atoms with Crippen molar-refractivity contribution >= 4 is 56.5 Å². The Morgan fingerprint density at radius 1 is 1.07 bits per heavy atom. The SMILES string of the molecule is O=C(CN1C(=O)S/C(=C/C=C/c2ccccc2)C1=O)Nc1ccccc1Br. The predicted molar refractivity (Wildman–Crippen MR) is 111 cm³/mol. The summed E-state index contributed by atoms with van der Waals surface area (Å²) in [6.07, 6.45) is 5.14. The number of carbonyl (C=O) groups excluding carboxylic acids is 3. The van der Waals surface area contributed by atoms with E-state index in [1.165, 1.54) is 0 Å². The van der Waals surface area contributed by atoms with Crippen LogP contribution in [0.5, 0.6) is 0 Å². The van der Waals surface area contributed by atoms with E-state index in [1.807, 2.05) is 42.5 Å². The molecule has 0 unspecified atom stereocenters. The molecule has 0 bridgehead atoms. The molecule has 27 heavy (non-hydrogen) atoms. The van der Waals surface area contributed by atoms with Gasteiger partial charge in [-0.05, 0) is 51.5 Å². The molecule has 5 nitrogen and oxygen atoms in total. The largest absolute Gasteiger partial charge is 0.324 e. The maximum absolute atomic E-state index is 12.4. The number of carbonyl (C=O) groups is 3. The molecule has 3 rings (SSSR count). The number of hydrogen-bond acceptors (Lipinski definition) is 4. The van der Waals surface area contributed by atoms with Crippen LogP contribution in [0.2, 0.25) is 0 Å². The Morgan fingerprint density at radius 2 is 1.78 bits per heavy atom. The molecule has 1 aliphatic rings. The first-order chi connectivity index (χ1) is 13.0. The Hall–Kier alpha value is -2.64. The number of para-hydroxylation sites is 1. The summed E-state index contributed by atoms with van der Waals surface area (Å²) in [5.41, 5.74) is 1.57. The second-order valence-electron chi connectivity index (χ2n) is 5.59. The number of anilines is 1. The van der Waals surface area contributed by atoms with Gasteiger partial charge in [0.05, 0.1) is 10.6 Å². The molecule has 0 spiro atoms. The van der Waals surface area contributed by atoms with E-state index in [0.717, 1.165) is 26.7 Å². The highest BCUT2D eigenvalue weighted by atomic mass is 79.9. The average Bonchev–Trinajstić information content (AvgIpc) is 2.92. The molecule has 0 radical (unpaired) electrons. The molecular weight excluding hydrogens is 428 g/mol. The smallest absolute Gasteiger partial charge is 0.294 e. The highest BCUT2D eigenvalue weighted by molar-refractivity contribution is 9.10. The summed E-state index contributed by atoms with van der Waals surface area (Å²) in [5, 5.41) is 2.23. The van der Waals surface area contributed by atoms with Crippen molar-refractivity contribution in [3.8, 4) is 0 Å². The lowest BCUT2D eigenvalue weighted by Gasteiger charge is -2.13. The second-order valence-corrected chi connectivity index (χ2v) is 7.44. The van der Waals surface area contributed by atoms with Gasteiger partial charge in [-0.1, -0.05) is 54.6 Å². The molecule has 3 amide bonds. The number of nitrogens with one attached hydrogen (secondary N) is 1. The van der Waals surface area contributed by atoms with E-state index in [0.29, 0.717) is 10.6 Å². The normalized spacial score (nSPS) is 15.7. The number of benzene rings is 2. The number of rotatable bonds is 5. The van der Waals surface area contributed by atoms with Crippen LogP contribution in [0.25, 0.3) is 6.08 Å². The molecule has 0 aliphatic carbocycles. The minimum absolute atomic E-state index is 0.292. The van der Waals surface area contributed by atoms with E-state index in [9.17, 15) is 14.4 Å². The van der Waals surface area contributed by atoms with Crippen molar-refractivity contribution in [1.82, 2.24) is 4.90 Å². The Balaban J connectivity index is 1.63. The molecule has 1 saturated heterocycles. The first-order valence-corrected chi connectivity index (χ1v) is 9.67. The molecule has 0 atom stereocenters. The van der Waals surface area contributed by atoms with Crippen LogP contribution in [-0.2, 0) is 9.59 Å². The van der Waals surface area contributed by atoms with E-state index in [2.05, 4.69) is 21.2 Å². The van der Waals surface area contributed by atoms with E-state index in [-0.39, 0.29) is 6.54 Å². The van der Waals surface area contributed by atoms with Gasteiger partial charge < -0.3 is 5.32 Å². The molecular formula is C20H15BrN2O3S. The lowest BCUT2D eigenvalue weighted by molar-refractivity contribution is -0.127. The van der Waals surface area contributed by atoms with Gasteiger partial charge >= 0.3 is 0 Å². The number of thioether (sulfide) groups is 1. The third kappa shape index (κ3) is 4.96. The zero-order valence-corrected chi connectivity index (χ0v) is 16.5. The lowest BCUT2D eigenvalue weighted by atomic mass is 10.2.